The molecule has 0 saturated heterocycles. The van der Waals surface area contributed by atoms with Crippen molar-refractivity contribution in [3.8, 4) is 5.75 Å². The van der Waals surface area contributed by atoms with E-state index in [2.05, 4.69) is 21.9 Å². The van der Waals surface area contributed by atoms with Gasteiger partial charge in [-0.15, -0.1) is 0 Å². The zero-order chi connectivity index (χ0) is 14.5. The van der Waals surface area contributed by atoms with E-state index in [0.29, 0.717) is 13.2 Å². The smallest absolute Gasteiger partial charge is 0.201 e. The molecule has 4 heteroatoms. The molecule has 0 amide bonds. The highest BCUT2D eigenvalue weighted by Gasteiger charge is 2.05. The van der Waals surface area contributed by atoms with Gasteiger partial charge >= 0.3 is 0 Å². The highest BCUT2D eigenvalue weighted by Crippen LogP contribution is 2.20. The molecule has 0 aliphatic heterocycles. The van der Waals surface area contributed by atoms with Crippen LogP contribution in [0.2, 0.25) is 0 Å². The Balaban J connectivity index is 1.73. The predicted octanol–water partition coefficient (Wildman–Crippen LogP) is 3.74. The summed E-state index contributed by atoms with van der Waals surface area (Å²) >= 11 is 0. The van der Waals surface area contributed by atoms with Crippen molar-refractivity contribution in [1.29, 1.82) is 0 Å². The van der Waals surface area contributed by atoms with Crippen LogP contribution in [-0.2, 0) is 6.54 Å². The number of ether oxygens (including phenoxy) is 1. The number of nitrogens with one attached hydrogen (secondary N) is 2. The fraction of sp³-hybridized carbons (Fsp3) is 0.118. The van der Waals surface area contributed by atoms with Gasteiger partial charge < -0.3 is 15.0 Å². The van der Waals surface area contributed by atoms with Gasteiger partial charge in [0, 0.05) is 12.1 Å². The van der Waals surface area contributed by atoms with Crippen molar-refractivity contribution in [2.45, 2.75) is 6.54 Å². The van der Waals surface area contributed by atoms with E-state index in [1.54, 1.807) is 6.08 Å². The fourth-order valence-corrected chi connectivity index (χ4v) is 2.15. The van der Waals surface area contributed by atoms with E-state index in [0.717, 1.165) is 28.3 Å². The third-order valence-electron chi connectivity index (χ3n) is 3.16. The summed E-state index contributed by atoms with van der Waals surface area (Å²) in [6.07, 6.45) is 1.74. The first-order valence-electron chi connectivity index (χ1n) is 6.87. The maximum atomic E-state index is 5.64. The Kier molecular flexibility index (Phi) is 3.87. The van der Waals surface area contributed by atoms with E-state index in [-0.39, 0.29) is 0 Å². The SMILES string of the molecule is C=CCOc1ccccc1CNc1nc2ccccc2[nH]1. The van der Waals surface area contributed by atoms with Crippen LogP contribution >= 0.6 is 0 Å². The summed E-state index contributed by atoms with van der Waals surface area (Å²) < 4.78 is 5.64. The van der Waals surface area contributed by atoms with Crippen LogP contribution < -0.4 is 10.1 Å². The zero-order valence-corrected chi connectivity index (χ0v) is 11.7. The van der Waals surface area contributed by atoms with Gasteiger partial charge in [-0.2, -0.15) is 0 Å². The van der Waals surface area contributed by atoms with E-state index < -0.39 is 0 Å². The first-order chi connectivity index (χ1) is 10.4. The van der Waals surface area contributed by atoms with Gasteiger partial charge in [0.2, 0.25) is 5.95 Å². The van der Waals surface area contributed by atoms with Crippen molar-refractivity contribution in [1.82, 2.24) is 9.97 Å². The van der Waals surface area contributed by atoms with Gasteiger partial charge in [0.1, 0.15) is 12.4 Å². The molecule has 2 aromatic carbocycles. The second kappa shape index (κ2) is 6.13. The standard InChI is InChI=1S/C17H17N3O/c1-2-11-21-16-10-6-3-7-13(16)12-18-17-19-14-8-4-5-9-15(14)20-17/h2-10H,1,11-12H2,(H2,18,19,20). The number of imidazole rings is 1. The zero-order valence-electron chi connectivity index (χ0n) is 11.7. The van der Waals surface area contributed by atoms with Crippen LogP contribution in [0.15, 0.2) is 61.2 Å². The summed E-state index contributed by atoms with van der Waals surface area (Å²) in [4.78, 5) is 7.75. The van der Waals surface area contributed by atoms with Crippen LogP contribution in [0.5, 0.6) is 5.75 Å². The summed E-state index contributed by atoms with van der Waals surface area (Å²) in [6, 6.07) is 15.9. The number of fused-ring (bicyclic) bond motifs is 1. The second-order valence-electron chi connectivity index (χ2n) is 4.66. The number of anilines is 1. The van der Waals surface area contributed by atoms with Crippen molar-refractivity contribution in [3.05, 3.63) is 66.7 Å². The molecule has 0 aliphatic rings. The van der Waals surface area contributed by atoms with Gasteiger partial charge in [0.25, 0.3) is 0 Å². The highest BCUT2D eigenvalue weighted by atomic mass is 16.5. The number of rotatable bonds is 6. The fourth-order valence-electron chi connectivity index (χ4n) is 2.15. The first-order valence-corrected chi connectivity index (χ1v) is 6.87. The van der Waals surface area contributed by atoms with E-state index in [1.165, 1.54) is 0 Å². The Bertz CT molecular complexity index is 715. The van der Waals surface area contributed by atoms with E-state index in [9.17, 15) is 0 Å². The van der Waals surface area contributed by atoms with Crippen molar-refractivity contribution in [3.63, 3.8) is 0 Å². The van der Waals surface area contributed by atoms with E-state index in [1.807, 2.05) is 48.5 Å². The van der Waals surface area contributed by atoms with Crippen LogP contribution in [0, 0.1) is 0 Å². The summed E-state index contributed by atoms with van der Waals surface area (Å²) in [5.74, 6) is 1.62. The molecular weight excluding hydrogens is 262 g/mol. The van der Waals surface area contributed by atoms with Gasteiger partial charge in [-0.05, 0) is 18.2 Å². The van der Waals surface area contributed by atoms with Crippen LogP contribution in [0.3, 0.4) is 0 Å². The molecular formula is C17H17N3O. The Morgan fingerprint density at radius 3 is 2.81 bits per heavy atom. The summed E-state index contributed by atoms with van der Waals surface area (Å²) in [5.41, 5.74) is 3.06. The minimum absolute atomic E-state index is 0.502. The number of aromatic nitrogens is 2. The monoisotopic (exact) mass is 279 g/mol. The van der Waals surface area contributed by atoms with Crippen LogP contribution in [0.4, 0.5) is 5.95 Å². The maximum Gasteiger partial charge on any atom is 0.201 e. The van der Waals surface area contributed by atoms with E-state index in [4.69, 9.17) is 4.74 Å². The normalized spacial score (nSPS) is 10.5. The molecule has 1 heterocycles. The Hall–Kier alpha value is -2.75. The minimum Gasteiger partial charge on any atom is -0.489 e. The lowest BCUT2D eigenvalue weighted by atomic mass is 10.2. The molecule has 0 spiro atoms. The molecule has 0 radical (unpaired) electrons. The van der Waals surface area contributed by atoms with Crippen LogP contribution in [0.25, 0.3) is 11.0 Å². The summed E-state index contributed by atoms with van der Waals surface area (Å²) in [6.45, 7) is 4.82. The molecule has 0 unspecified atom stereocenters. The van der Waals surface area contributed by atoms with Crippen molar-refractivity contribution >= 4 is 17.0 Å². The van der Waals surface area contributed by atoms with Crippen molar-refractivity contribution in [2.75, 3.05) is 11.9 Å². The topological polar surface area (TPSA) is 49.9 Å². The quantitative estimate of drug-likeness (QED) is 0.676. The number of para-hydroxylation sites is 3. The lowest BCUT2D eigenvalue weighted by molar-refractivity contribution is 0.359. The number of benzene rings is 2. The van der Waals surface area contributed by atoms with Gasteiger partial charge in [-0.25, -0.2) is 4.98 Å². The number of nitrogens with zero attached hydrogens (tertiary/aromatic N) is 1. The third-order valence-corrected chi connectivity index (χ3v) is 3.16. The Labute approximate surface area is 123 Å². The lowest BCUT2D eigenvalue weighted by Gasteiger charge is -2.10. The molecule has 4 nitrogen and oxygen atoms in total. The maximum absolute atomic E-state index is 5.64. The molecule has 0 saturated carbocycles. The average Bonchev–Trinajstić information content (AvgIpc) is 2.94. The average molecular weight is 279 g/mol. The molecule has 0 bridgehead atoms. The van der Waals surface area contributed by atoms with Gasteiger partial charge in [-0.3, -0.25) is 0 Å². The van der Waals surface area contributed by atoms with Crippen molar-refractivity contribution < 1.29 is 4.74 Å². The number of hydrogen-bond donors (Lipinski definition) is 2. The number of H-pyrrole nitrogens is 1. The Morgan fingerprint density at radius 2 is 1.95 bits per heavy atom. The Morgan fingerprint density at radius 1 is 1.14 bits per heavy atom. The van der Waals surface area contributed by atoms with Crippen LogP contribution in [0.1, 0.15) is 5.56 Å². The summed E-state index contributed by atoms with van der Waals surface area (Å²) in [5, 5.41) is 3.29. The number of hydrogen-bond acceptors (Lipinski definition) is 3. The molecule has 3 rings (SSSR count). The molecule has 0 aliphatic carbocycles. The molecule has 1 aromatic heterocycles. The van der Waals surface area contributed by atoms with Gasteiger partial charge in [-0.1, -0.05) is 43.0 Å². The van der Waals surface area contributed by atoms with Gasteiger partial charge in [0.15, 0.2) is 0 Å². The molecule has 106 valence electrons. The first kappa shape index (κ1) is 13.2. The van der Waals surface area contributed by atoms with E-state index >= 15 is 0 Å². The highest BCUT2D eigenvalue weighted by molar-refractivity contribution is 5.77. The lowest BCUT2D eigenvalue weighted by Crippen LogP contribution is -2.04. The largest absolute Gasteiger partial charge is 0.489 e. The second-order valence-corrected chi connectivity index (χ2v) is 4.66. The predicted molar refractivity (Wildman–Crippen MR) is 85.6 cm³/mol. The van der Waals surface area contributed by atoms with Crippen molar-refractivity contribution in [2.24, 2.45) is 0 Å². The molecule has 2 N–H and O–H groups in total. The molecule has 3 aromatic rings. The third kappa shape index (κ3) is 3.05. The molecule has 0 fully saturated rings. The number of aromatic amines is 1. The molecule has 0 atom stereocenters. The van der Waals surface area contributed by atoms with Gasteiger partial charge in [0.05, 0.1) is 11.0 Å². The summed E-state index contributed by atoms with van der Waals surface area (Å²) in [7, 11) is 0. The molecule has 21 heavy (non-hydrogen) atoms. The minimum atomic E-state index is 0.502. The van der Waals surface area contributed by atoms with Crippen LogP contribution in [-0.4, -0.2) is 16.6 Å².